The Kier molecular flexibility index (Phi) is 6.40. The van der Waals surface area contributed by atoms with Crippen LogP contribution in [0.4, 0.5) is 16.2 Å². The molecule has 1 aliphatic rings. The molecule has 0 spiro atoms. The van der Waals surface area contributed by atoms with Gasteiger partial charge in [0.15, 0.2) is 0 Å². The Hall–Kier alpha value is -3.35. The first kappa shape index (κ1) is 21.4. The summed E-state index contributed by atoms with van der Waals surface area (Å²) in [6.07, 6.45) is -0.113. The monoisotopic (exact) mass is 409 g/mol. The van der Waals surface area contributed by atoms with E-state index in [1.807, 2.05) is 33.8 Å². The van der Waals surface area contributed by atoms with Gasteiger partial charge in [-0.15, -0.1) is 0 Å². The van der Waals surface area contributed by atoms with Crippen molar-refractivity contribution in [2.45, 2.75) is 46.2 Å². The number of rotatable bonds is 7. The highest BCUT2D eigenvalue weighted by atomic mass is 16.5. The molecule has 3 rings (SSSR count). The molecule has 1 heterocycles. The van der Waals surface area contributed by atoms with Crippen molar-refractivity contribution in [3.05, 3.63) is 54.1 Å². The Bertz CT molecular complexity index is 940. The maximum atomic E-state index is 13.1. The number of imide groups is 1. The SMILES string of the molecule is CCOc1ccc(NC(=O)C[C@@H]2C(=O)N(c3cccc(C)c3)C(=O)N2C(C)C)cc1. The van der Waals surface area contributed by atoms with Crippen molar-refractivity contribution in [2.75, 3.05) is 16.8 Å². The number of hydrogen-bond donors (Lipinski definition) is 1. The molecule has 1 aliphatic heterocycles. The summed E-state index contributed by atoms with van der Waals surface area (Å²) in [7, 11) is 0. The van der Waals surface area contributed by atoms with Crippen molar-refractivity contribution in [3.63, 3.8) is 0 Å². The fourth-order valence-electron chi connectivity index (χ4n) is 3.57. The first-order chi connectivity index (χ1) is 14.3. The minimum atomic E-state index is -0.847. The normalized spacial score (nSPS) is 16.4. The molecule has 7 heteroatoms. The number of nitrogens with one attached hydrogen (secondary N) is 1. The van der Waals surface area contributed by atoms with Gasteiger partial charge in [-0.3, -0.25) is 9.59 Å². The Morgan fingerprint density at radius 1 is 1.13 bits per heavy atom. The summed E-state index contributed by atoms with van der Waals surface area (Å²) >= 11 is 0. The van der Waals surface area contributed by atoms with Gasteiger partial charge in [0, 0.05) is 11.7 Å². The zero-order chi connectivity index (χ0) is 21.8. The summed E-state index contributed by atoms with van der Waals surface area (Å²) in [5.74, 6) is -0.00459. The van der Waals surface area contributed by atoms with Crippen LogP contribution in [0.2, 0.25) is 0 Å². The number of amides is 4. The summed E-state index contributed by atoms with van der Waals surface area (Å²) in [5.41, 5.74) is 2.07. The number of hydrogen-bond acceptors (Lipinski definition) is 4. The summed E-state index contributed by atoms with van der Waals surface area (Å²) in [6, 6.07) is 12.8. The predicted molar refractivity (Wildman–Crippen MR) is 116 cm³/mol. The van der Waals surface area contributed by atoms with Gasteiger partial charge in [0.1, 0.15) is 11.8 Å². The van der Waals surface area contributed by atoms with Gasteiger partial charge in [0.25, 0.3) is 5.91 Å². The van der Waals surface area contributed by atoms with Crippen LogP contribution >= 0.6 is 0 Å². The third kappa shape index (κ3) is 4.45. The van der Waals surface area contributed by atoms with Crippen molar-refractivity contribution in [1.29, 1.82) is 0 Å². The summed E-state index contributed by atoms with van der Waals surface area (Å²) in [5, 5.41) is 2.79. The predicted octanol–water partition coefficient (Wildman–Crippen LogP) is 3.97. The van der Waals surface area contributed by atoms with Crippen molar-refractivity contribution in [2.24, 2.45) is 0 Å². The number of urea groups is 1. The first-order valence-corrected chi connectivity index (χ1v) is 10.1. The standard InChI is InChI=1S/C23H27N3O4/c1-5-30-19-11-9-17(10-12-19)24-21(27)14-20-22(28)26(23(29)25(20)15(2)3)18-8-6-7-16(4)13-18/h6-13,15,20H,5,14H2,1-4H3,(H,24,27)/t20-/m1/s1. The largest absolute Gasteiger partial charge is 0.494 e. The zero-order valence-electron chi connectivity index (χ0n) is 17.7. The second-order valence-corrected chi connectivity index (χ2v) is 7.52. The smallest absolute Gasteiger partial charge is 0.332 e. The van der Waals surface area contributed by atoms with E-state index in [0.717, 1.165) is 5.56 Å². The molecule has 2 aromatic rings. The van der Waals surface area contributed by atoms with E-state index in [2.05, 4.69) is 5.32 Å². The number of anilines is 2. The Balaban J connectivity index is 1.76. The first-order valence-electron chi connectivity index (χ1n) is 10.1. The molecular weight excluding hydrogens is 382 g/mol. The molecule has 158 valence electrons. The molecule has 2 aromatic carbocycles. The number of benzene rings is 2. The molecule has 30 heavy (non-hydrogen) atoms. The van der Waals surface area contributed by atoms with Gasteiger partial charge in [-0.1, -0.05) is 12.1 Å². The summed E-state index contributed by atoms with van der Waals surface area (Å²) in [6.45, 7) is 8.03. The Morgan fingerprint density at radius 3 is 2.43 bits per heavy atom. The van der Waals surface area contributed by atoms with Crippen LogP contribution in [0.25, 0.3) is 0 Å². The van der Waals surface area contributed by atoms with Crippen LogP contribution in [0.5, 0.6) is 5.75 Å². The molecule has 0 unspecified atom stereocenters. The molecule has 0 saturated carbocycles. The van der Waals surface area contributed by atoms with Crippen molar-refractivity contribution in [1.82, 2.24) is 4.90 Å². The highest BCUT2D eigenvalue weighted by molar-refractivity contribution is 6.22. The van der Waals surface area contributed by atoms with Gasteiger partial charge in [-0.25, -0.2) is 9.69 Å². The molecule has 0 bridgehead atoms. The molecule has 4 amide bonds. The number of nitrogens with zero attached hydrogens (tertiary/aromatic N) is 2. The highest BCUT2D eigenvalue weighted by Gasteiger charge is 2.47. The number of carbonyl (C=O) groups is 3. The highest BCUT2D eigenvalue weighted by Crippen LogP contribution is 2.29. The number of ether oxygens (including phenoxy) is 1. The van der Waals surface area contributed by atoms with Crippen molar-refractivity contribution >= 4 is 29.2 Å². The Morgan fingerprint density at radius 2 is 1.83 bits per heavy atom. The molecule has 0 aromatic heterocycles. The van der Waals surface area contributed by atoms with E-state index in [4.69, 9.17) is 4.74 Å². The minimum Gasteiger partial charge on any atom is -0.494 e. The molecule has 7 nitrogen and oxygen atoms in total. The fourth-order valence-corrected chi connectivity index (χ4v) is 3.57. The van der Waals surface area contributed by atoms with Crippen LogP contribution in [0.15, 0.2) is 48.5 Å². The van der Waals surface area contributed by atoms with Gasteiger partial charge in [-0.05, 0) is 69.7 Å². The van der Waals surface area contributed by atoms with E-state index >= 15 is 0 Å². The van der Waals surface area contributed by atoms with Gasteiger partial charge in [0.05, 0.1) is 18.7 Å². The molecule has 1 saturated heterocycles. The van der Waals surface area contributed by atoms with Crippen LogP contribution < -0.4 is 15.0 Å². The van der Waals surface area contributed by atoms with E-state index in [1.165, 1.54) is 9.80 Å². The van der Waals surface area contributed by atoms with Crippen molar-refractivity contribution < 1.29 is 19.1 Å². The zero-order valence-corrected chi connectivity index (χ0v) is 17.7. The third-order valence-corrected chi connectivity index (χ3v) is 4.90. The maximum absolute atomic E-state index is 13.1. The lowest BCUT2D eigenvalue weighted by Gasteiger charge is -2.25. The van der Waals surface area contributed by atoms with E-state index in [1.54, 1.807) is 42.5 Å². The van der Waals surface area contributed by atoms with Gasteiger partial charge < -0.3 is 15.0 Å². The quantitative estimate of drug-likeness (QED) is 0.702. The van der Waals surface area contributed by atoms with Gasteiger partial charge >= 0.3 is 6.03 Å². The van der Waals surface area contributed by atoms with Crippen LogP contribution in [-0.2, 0) is 9.59 Å². The maximum Gasteiger partial charge on any atom is 0.332 e. The topological polar surface area (TPSA) is 79.0 Å². The third-order valence-electron chi connectivity index (χ3n) is 4.90. The number of aryl methyl sites for hydroxylation is 1. The van der Waals surface area contributed by atoms with E-state index in [9.17, 15) is 14.4 Å². The molecular formula is C23H27N3O4. The van der Waals surface area contributed by atoms with E-state index < -0.39 is 12.1 Å². The molecule has 1 fully saturated rings. The fraction of sp³-hybridized carbons (Fsp3) is 0.348. The van der Waals surface area contributed by atoms with Crippen LogP contribution in [0.1, 0.15) is 32.8 Å². The minimum absolute atomic E-state index is 0.113. The average molecular weight is 409 g/mol. The van der Waals surface area contributed by atoms with E-state index in [-0.39, 0.29) is 24.3 Å². The molecule has 0 aliphatic carbocycles. The van der Waals surface area contributed by atoms with Crippen LogP contribution in [-0.4, -0.2) is 41.4 Å². The lowest BCUT2D eigenvalue weighted by Crippen LogP contribution is -2.42. The lowest BCUT2D eigenvalue weighted by atomic mass is 10.1. The van der Waals surface area contributed by atoms with Crippen molar-refractivity contribution in [3.8, 4) is 5.75 Å². The van der Waals surface area contributed by atoms with Gasteiger partial charge in [0.2, 0.25) is 5.91 Å². The van der Waals surface area contributed by atoms with Crippen LogP contribution in [0.3, 0.4) is 0 Å². The summed E-state index contributed by atoms with van der Waals surface area (Å²) < 4.78 is 5.39. The second-order valence-electron chi connectivity index (χ2n) is 7.52. The molecule has 1 N–H and O–H groups in total. The lowest BCUT2D eigenvalue weighted by molar-refractivity contribution is -0.124. The molecule has 1 atom stereocenters. The Labute approximate surface area is 176 Å². The van der Waals surface area contributed by atoms with Gasteiger partial charge in [-0.2, -0.15) is 0 Å². The van der Waals surface area contributed by atoms with Crippen LogP contribution in [0, 0.1) is 6.92 Å². The molecule has 0 radical (unpaired) electrons. The summed E-state index contributed by atoms with van der Waals surface area (Å²) in [4.78, 5) is 41.4. The second kappa shape index (κ2) is 8.98. The van der Waals surface area contributed by atoms with E-state index in [0.29, 0.717) is 23.7 Å². The average Bonchev–Trinajstić information content (AvgIpc) is 2.93. The number of carbonyl (C=O) groups excluding carboxylic acids is 3.